The molecule has 1 N–H and O–H groups in total. The van der Waals surface area contributed by atoms with Crippen molar-refractivity contribution < 1.29 is 14.4 Å². The van der Waals surface area contributed by atoms with E-state index in [1.807, 2.05) is 26.0 Å². The van der Waals surface area contributed by atoms with Gasteiger partial charge in [-0.05, 0) is 25.5 Å². The van der Waals surface area contributed by atoms with Gasteiger partial charge in [0.2, 0.25) is 0 Å². The smallest absolute Gasteiger partial charge is 0.317 e. The maximum absolute atomic E-state index is 12.4. The van der Waals surface area contributed by atoms with Crippen molar-refractivity contribution >= 4 is 17.6 Å². The number of urea groups is 1. The Bertz CT molecular complexity index is 706. The Morgan fingerprint density at radius 1 is 1.46 bits per heavy atom. The molecule has 3 amide bonds. The summed E-state index contributed by atoms with van der Waals surface area (Å²) in [6, 6.07) is 3.70. The zero-order chi connectivity index (χ0) is 18.7. The van der Waals surface area contributed by atoms with Crippen molar-refractivity contribution in [1.82, 2.24) is 20.1 Å². The fraction of sp³-hybridized carbons (Fsp3) is 0.556. The first-order valence-corrected chi connectivity index (χ1v) is 8.84. The molecule has 1 spiro atoms. The molecule has 1 saturated heterocycles. The van der Waals surface area contributed by atoms with Crippen molar-refractivity contribution in [2.75, 3.05) is 20.1 Å². The van der Waals surface area contributed by atoms with Gasteiger partial charge in [0.15, 0.2) is 5.60 Å². The lowest BCUT2D eigenvalue weighted by molar-refractivity contribution is -0.124. The zero-order valence-corrected chi connectivity index (χ0v) is 15.4. The second-order valence-corrected chi connectivity index (χ2v) is 7.19. The van der Waals surface area contributed by atoms with Gasteiger partial charge in [0.05, 0.1) is 6.54 Å². The van der Waals surface area contributed by atoms with Gasteiger partial charge in [-0.2, -0.15) is 0 Å². The van der Waals surface area contributed by atoms with Crippen molar-refractivity contribution in [2.45, 2.75) is 44.9 Å². The van der Waals surface area contributed by atoms with Crippen LogP contribution in [-0.4, -0.2) is 64.2 Å². The lowest BCUT2D eigenvalue weighted by Gasteiger charge is -2.23. The van der Waals surface area contributed by atoms with Crippen LogP contribution in [0.25, 0.3) is 0 Å². The average molecular weight is 359 g/mol. The topological polar surface area (TPSA) is 87.1 Å². The fourth-order valence-corrected chi connectivity index (χ4v) is 3.10. The van der Waals surface area contributed by atoms with Crippen molar-refractivity contribution in [3.8, 4) is 0 Å². The summed E-state index contributed by atoms with van der Waals surface area (Å²) >= 11 is 0. The maximum atomic E-state index is 12.4. The predicted molar refractivity (Wildman–Crippen MR) is 96.4 cm³/mol. The highest BCUT2D eigenvalue weighted by Gasteiger charge is 2.48. The Balaban J connectivity index is 1.52. The second-order valence-electron chi connectivity index (χ2n) is 7.19. The third-order valence-corrected chi connectivity index (χ3v) is 4.95. The Morgan fingerprint density at radius 2 is 2.27 bits per heavy atom. The highest BCUT2D eigenvalue weighted by molar-refractivity contribution is 6.39. The van der Waals surface area contributed by atoms with E-state index in [0.717, 1.165) is 5.56 Å². The summed E-state index contributed by atoms with van der Waals surface area (Å²) in [7, 11) is 1.76. The number of nitrogens with zero attached hydrogens (tertiary/aromatic N) is 4. The number of oxime groups is 1. The van der Waals surface area contributed by atoms with E-state index in [2.05, 4.69) is 15.5 Å². The Hall–Kier alpha value is -2.64. The molecule has 0 radical (unpaired) electrons. The minimum Gasteiger partial charge on any atom is -0.386 e. The van der Waals surface area contributed by atoms with Crippen LogP contribution in [0.1, 0.15) is 32.3 Å². The van der Waals surface area contributed by atoms with Gasteiger partial charge in [0.1, 0.15) is 5.71 Å². The van der Waals surface area contributed by atoms with E-state index in [-0.39, 0.29) is 18.0 Å². The molecule has 2 aliphatic rings. The third kappa shape index (κ3) is 3.79. The summed E-state index contributed by atoms with van der Waals surface area (Å²) in [6.45, 7) is 5.34. The molecule has 8 nitrogen and oxygen atoms in total. The molecule has 1 aromatic rings. The number of aromatic nitrogens is 1. The molecule has 3 rings (SSSR count). The molecule has 0 saturated carbocycles. The largest absolute Gasteiger partial charge is 0.386 e. The molecule has 1 aromatic heterocycles. The number of likely N-dealkylation sites (tertiary alicyclic amines) is 1. The van der Waals surface area contributed by atoms with Gasteiger partial charge >= 0.3 is 6.03 Å². The number of carbonyl (C=O) groups excluding carboxylic acids is 2. The molecular formula is C18H25N5O3. The molecule has 140 valence electrons. The van der Waals surface area contributed by atoms with Crippen LogP contribution in [0, 0.1) is 0 Å². The van der Waals surface area contributed by atoms with E-state index in [1.165, 1.54) is 0 Å². The van der Waals surface area contributed by atoms with E-state index in [1.54, 1.807) is 29.2 Å². The zero-order valence-electron chi connectivity index (χ0n) is 15.4. The quantitative estimate of drug-likeness (QED) is 0.880. The highest BCUT2D eigenvalue weighted by Crippen LogP contribution is 2.34. The normalized spacial score (nSPS) is 21.7. The Kier molecular flexibility index (Phi) is 5.11. The molecule has 3 heterocycles. The molecule has 1 atom stereocenters. The minimum absolute atomic E-state index is 0.0973. The summed E-state index contributed by atoms with van der Waals surface area (Å²) in [5.41, 5.74) is 0.799. The van der Waals surface area contributed by atoms with Gasteiger partial charge in [-0.1, -0.05) is 11.2 Å². The van der Waals surface area contributed by atoms with Gasteiger partial charge in [-0.15, -0.1) is 0 Å². The predicted octanol–water partition coefficient (Wildman–Crippen LogP) is 1.38. The van der Waals surface area contributed by atoms with Gasteiger partial charge < -0.3 is 20.0 Å². The summed E-state index contributed by atoms with van der Waals surface area (Å²) in [4.78, 5) is 37.8. The van der Waals surface area contributed by atoms with Crippen LogP contribution in [-0.2, 0) is 16.2 Å². The van der Waals surface area contributed by atoms with Gasteiger partial charge in [-0.25, -0.2) is 4.79 Å². The number of hydrogen-bond acceptors (Lipinski definition) is 5. The summed E-state index contributed by atoms with van der Waals surface area (Å²) in [5.74, 6) is -0.114. The minimum atomic E-state index is -0.575. The van der Waals surface area contributed by atoms with Crippen molar-refractivity contribution in [2.24, 2.45) is 5.16 Å². The number of carbonyl (C=O) groups is 2. The first kappa shape index (κ1) is 18.2. The number of nitrogens with one attached hydrogen (secondary N) is 1. The first-order chi connectivity index (χ1) is 12.4. The van der Waals surface area contributed by atoms with Gasteiger partial charge in [0.25, 0.3) is 5.91 Å². The van der Waals surface area contributed by atoms with Crippen LogP contribution in [0.2, 0.25) is 0 Å². The van der Waals surface area contributed by atoms with Gasteiger partial charge in [0, 0.05) is 51.4 Å². The van der Waals surface area contributed by atoms with E-state index in [4.69, 9.17) is 4.84 Å². The molecule has 0 aromatic carbocycles. The fourth-order valence-electron chi connectivity index (χ4n) is 3.10. The molecule has 0 bridgehead atoms. The monoisotopic (exact) mass is 359 g/mol. The Labute approximate surface area is 153 Å². The SMILES string of the molecule is CC(C)N(C)C(=O)C1=NO[C@]2(CCN(C(=O)NCc3cccnc3)C2)C1. The van der Waals surface area contributed by atoms with E-state index >= 15 is 0 Å². The van der Waals surface area contributed by atoms with Crippen molar-refractivity contribution in [1.29, 1.82) is 0 Å². The number of pyridine rings is 1. The highest BCUT2D eigenvalue weighted by atomic mass is 16.7. The molecule has 2 aliphatic heterocycles. The van der Waals surface area contributed by atoms with Crippen LogP contribution < -0.4 is 5.32 Å². The molecule has 0 unspecified atom stereocenters. The van der Waals surface area contributed by atoms with Crippen LogP contribution in [0.4, 0.5) is 4.79 Å². The lowest BCUT2D eigenvalue weighted by atomic mass is 9.96. The standard InChI is InChI=1S/C18H25N5O3/c1-13(2)22(3)16(24)15-9-18(26-21-15)6-8-23(12-18)17(25)20-11-14-5-4-7-19-10-14/h4-5,7,10,13H,6,8-9,11-12H2,1-3H3,(H,20,25)/t18-/m1/s1. The Morgan fingerprint density at radius 3 is 2.96 bits per heavy atom. The second kappa shape index (κ2) is 7.31. The first-order valence-electron chi connectivity index (χ1n) is 8.84. The number of hydrogen-bond donors (Lipinski definition) is 1. The van der Waals surface area contributed by atoms with Gasteiger partial charge in [-0.3, -0.25) is 9.78 Å². The number of amides is 3. The lowest BCUT2D eigenvalue weighted by Crippen LogP contribution is -2.43. The van der Waals surface area contributed by atoms with Crippen LogP contribution >= 0.6 is 0 Å². The van der Waals surface area contributed by atoms with Crippen LogP contribution in [0.15, 0.2) is 29.7 Å². The molecule has 26 heavy (non-hydrogen) atoms. The van der Waals surface area contributed by atoms with E-state index < -0.39 is 5.60 Å². The summed E-state index contributed by atoms with van der Waals surface area (Å²) in [5, 5.41) is 6.91. The molecule has 8 heteroatoms. The van der Waals surface area contributed by atoms with Crippen molar-refractivity contribution in [3.05, 3.63) is 30.1 Å². The summed E-state index contributed by atoms with van der Waals surface area (Å²) < 4.78 is 0. The molecule has 0 aliphatic carbocycles. The molecular weight excluding hydrogens is 334 g/mol. The number of rotatable bonds is 4. The third-order valence-electron chi connectivity index (χ3n) is 4.95. The van der Waals surface area contributed by atoms with Crippen molar-refractivity contribution in [3.63, 3.8) is 0 Å². The van der Waals surface area contributed by atoms with Crippen LogP contribution in [0.5, 0.6) is 0 Å². The van der Waals surface area contributed by atoms with E-state index in [0.29, 0.717) is 38.2 Å². The van der Waals surface area contributed by atoms with Crippen LogP contribution in [0.3, 0.4) is 0 Å². The summed E-state index contributed by atoms with van der Waals surface area (Å²) in [6.07, 6.45) is 4.53. The van der Waals surface area contributed by atoms with E-state index in [9.17, 15) is 9.59 Å². The maximum Gasteiger partial charge on any atom is 0.317 e. The molecule has 1 fully saturated rings. The average Bonchev–Trinajstić information content (AvgIpc) is 3.26.